The zero-order chi connectivity index (χ0) is 18.5. The van der Waals surface area contributed by atoms with E-state index in [1.54, 1.807) is 0 Å². The predicted molar refractivity (Wildman–Crippen MR) is 128 cm³/mol. The first-order valence-electron chi connectivity index (χ1n) is 9.09. The average Bonchev–Trinajstić information content (AvgIpc) is 3.26. The second-order valence-corrected chi connectivity index (χ2v) is 7.89. The van der Waals surface area contributed by atoms with E-state index in [9.17, 15) is 0 Å². The molecule has 1 unspecified atom stereocenters. The first kappa shape index (κ1) is 22.1. The van der Waals surface area contributed by atoms with Gasteiger partial charge >= 0.3 is 0 Å². The van der Waals surface area contributed by atoms with Gasteiger partial charge in [-0.25, -0.2) is 0 Å². The molecule has 1 N–H and O–H groups in total. The van der Waals surface area contributed by atoms with Crippen LogP contribution in [0.25, 0.3) is 0 Å². The molecular formula is C20H29BrIN5. The van der Waals surface area contributed by atoms with E-state index in [0.717, 1.165) is 36.6 Å². The lowest BCUT2D eigenvalue weighted by Crippen LogP contribution is -2.41. The molecular weight excluding hydrogens is 517 g/mol. The number of aromatic nitrogens is 1. The number of benzene rings is 1. The molecule has 1 fully saturated rings. The number of hydrogen-bond donors (Lipinski definition) is 1. The molecule has 1 aliphatic rings. The van der Waals surface area contributed by atoms with Crippen molar-refractivity contribution in [3.63, 3.8) is 0 Å². The van der Waals surface area contributed by atoms with Crippen LogP contribution in [0, 0.1) is 5.92 Å². The van der Waals surface area contributed by atoms with Crippen molar-refractivity contribution >= 4 is 51.6 Å². The summed E-state index contributed by atoms with van der Waals surface area (Å²) in [7, 11) is 6.02. The molecule has 0 saturated carbocycles. The third-order valence-electron chi connectivity index (χ3n) is 5.05. The minimum atomic E-state index is 0. The molecule has 0 bridgehead atoms. The molecule has 1 aliphatic heterocycles. The highest BCUT2D eigenvalue weighted by atomic mass is 127. The number of aryl methyl sites for hydroxylation is 1. The van der Waals surface area contributed by atoms with Crippen molar-refractivity contribution in [1.82, 2.24) is 14.8 Å². The van der Waals surface area contributed by atoms with Crippen LogP contribution in [0.15, 0.2) is 52.1 Å². The van der Waals surface area contributed by atoms with Crippen LogP contribution >= 0.6 is 39.9 Å². The van der Waals surface area contributed by atoms with Crippen LogP contribution < -0.4 is 10.2 Å². The molecule has 7 heteroatoms. The van der Waals surface area contributed by atoms with Gasteiger partial charge in [0.2, 0.25) is 0 Å². The van der Waals surface area contributed by atoms with Crippen LogP contribution in [0.3, 0.4) is 0 Å². The molecule has 2 aromatic rings. The third-order valence-corrected chi connectivity index (χ3v) is 5.58. The molecule has 1 atom stereocenters. The molecule has 0 spiro atoms. The Morgan fingerprint density at radius 2 is 2.04 bits per heavy atom. The van der Waals surface area contributed by atoms with E-state index in [0.29, 0.717) is 5.92 Å². The van der Waals surface area contributed by atoms with E-state index >= 15 is 0 Å². The average molecular weight is 546 g/mol. The van der Waals surface area contributed by atoms with Crippen molar-refractivity contribution in [3.05, 3.63) is 52.8 Å². The Kier molecular flexibility index (Phi) is 8.47. The summed E-state index contributed by atoms with van der Waals surface area (Å²) < 4.78 is 3.28. The minimum absolute atomic E-state index is 0. The number of guanidine groups is 1. The van der Waals surface area contributed by atoms with Crippen molar-refractivity contribution < 1.29 is 0 Å². The van der Waals surface area contributed by atoms with Gasteiger partial charge in [-0.15, -0.1) is 24.0 Å². The lowest BCUT2D eigenvalue weighted by Gasteiger charge is -2.24. The first-order chi connectivity index (χ1) is 12.6. The highest BCUT2D eigenvalue weighted by Crippen LogP contribution is 2.25. The molecule has 5 nitrogen and oxygen atoms in total. The van der Waals surface area contributed by atoms with Crippen LogP contribution in [-0.4, -0.2) is 49.2 Å². The standard InChI is InChI=1S/C20H28BrN5.HI/c1-22-20(25(3)15-19-5-4-11-24(19)2)23-13-16-10-12-26(14-16)18-8-6-17(21)7-9-18;/h4-9,11,16H,10,12-15H2,1-3H3,(H,22,23);1H. The van der Waals surface area contributed by atoms with Crippen molar-refractivity contribution in [2.75, 3.05) is 38.6 Å². The number of nitrogens with zero attached hydrogens (tertiary/aromatic N) is 4. The van der Waals surface area contributed by atoms with Crippen molar-refractivity contribution in [2.24, 2.45) is 18.0 Å². The predicted octanol–water partition coefficient (Wildman–Crippen LogP) is 3.94. The molecule has 2 heterocycles. The first-order valence-corrected chi connectivity index (χ1v) is 9.88. The summed E-state index contributed by atoms with van der Waals surface area (Å²) in [5.41, 5.74) is 2.58. The maximum Gasteiger partial charge on any atom is 0.193 e. The Morgan fingerprint density at radius 3 is 2.67 bits per heavy atom. The van der Waals surface area contributed by atoms with Gasteiger partial charge < -0.3 is 19.7 Å². The van der Waals surface area contributed by atoms with Crippen molar-refractivity contribution in [3.8, 4) is 0 Å². The van der Waals surface area contributed by atoms with Gasteiger partial charge in [0.25, 0.3) is 0 Å². The lowest BCUT2D eigenvalue weighted by atomic mass is 10.1. The van der Waals surface area contributed by atoms with Crippen LogP contribution in [0.4, 0.5) is 5.69 Å². The second kappa shape index (κ2) is 10.4. The van der Waals surface area contributed by atoms with Gasteiger partial charge in [-0.2, -0.15) is 0 Å². The van der Waals surface area contributed by atoms with Crippen LogP contribution in [0.2, 0.25) is 0 Å². The smallest absolute Gasteiger partial charge is 0.193 e. The van der Waals surface area contributed by atoms with E-state index in [-0.39, 0.29) is 24.0 Å². The fourth-order valence-electron chi connectivity index (χ4n) is 3.48. The summed E-state index contributed by atoms with van der Waals surface area (Å²) in [5, 5.41) is 3.56. The number of halogens is 2. The van der Waals surface area contributed by atoms with Gasteiger partial charge in [0.05, 0.1) is 6.54 Å². The third kappa shape index (κ3) is 5.88. The van der Waals surface area contributed by atoms with Gasteiger partial charge in [0, 0.05) is 62.8 Å². The monoisotopic (exact) mass is 545 g/mol. The minimum Gasteiger partial charge on any atom is -0.371 e. The fourth-order valence-corrected chi connectivity index (χ4v) is 3.75. The molecule has 148 valence electrons. The summed E-state index contributed by atoms with van der Waals surface area (Å²) in [5.74, 6) is 1.59. The Labute approximate surface area is 188 Å². The maximum absolute atomic E-state index is 4.45. The largest absolute Gasteiger partial charge is 0.371 e. The van der Waals surface area contributed by atoms with Crippen molar-refractivity contribution in [2.45, 2.75) is 13.0 Å². The van der Waals surface area contributed by atoms with Crippen molar-refractivity contribution in [1.29, 1.82) is 0 Å². The molecule has 1 saturated heterocycles. The zero-order valence-corrected chi connectivity index (χ0v) is 20.1. The van der Waals surface area contributed by atoms with Gasteiger partial charge in [0.1, 0.15) is 0 Å². The van der Waals surface area contributed by atoms with E-state index in [1.165, 1.54) is 17.8 Å². The Balaban J connectivity index is 0.00000261. The number of nitrogens with one attached hydrogen (secondary N) is 1. The molecule has 1 aromatic carbocycles. The molecule has 0 amide bonds. The van der Waals surface area contributed by atoms with Gasteiger partial charge in [-0.3, -0.25) is 4.99 Å². The molecule has 27 heavy (non-hydrogen) atoms. The van der Waals surface area contributed by atoms with Gasteiger partial charge in [0.15, 0.2) is 5.96 Å². The quantitative estimate of drug-likeness (QED) is 0.351. The molecule has 0 radical (unpaired) electrons. The zero-order valence-electron chi connectivity index (χ0n) is 16.2. The Bertz CT molecular complexity index is 743. The van der Waals surface area contributed by atoms with Crippen LogP contribution in [0.5, 0.6) is 0 Å². The number of hydrogen-bond acceptors (Lipinski definition) is 2. The van der Waals surface area contributed by atoms with E-state index in [2.05, 4.69) is 97.3 Å². The molecule has 0 aliphatic carbocycles. The summed E-state index contributed by atoms with van der Waals surface area (Å²) in [6.45, 7) is 4.01. The Morgan fingerprint density at radius 1 is 1.30 bits per heavy atom. The highest BCUT2D eigenvalue weighted by molar-refractivity contribution is 14.0. The summed E-state index contributed by atoms with van der Waals surface area (Å²) in [4.78, 5) is 9.09. The second-order valence-electron chi connectivity index (χ2n) is 6.97. The normalized spacial score (nSPS) is 17.0. The SMILES string of the molecule is CN=C(NCC1CCN(c2ccc(Br)cc2)C1)N(C)Cc1cccn1C.I. The summed E-state index contributed by atoms with van der Waals surface area (Å²) in [6.07, 6.45) is 3.29. The summed E-state index contributed by atoms with van der Waals surface area (Å²) >= 11 is 3.51. The topological polar surface area (TPSA) is 35.8 Å². The van der Waals surface area contributed by atoms with Crippen LogP contribution in [0.1, 0.15) is 12.1 Å². The van der Waals surface area contributed by atoms with Gasteiger partial charge in [-0.1, -0.05) is 15.9 Å². The number of rotatable bonds is 5. The highest BCUT2D eigenvalue weighted by Gasteiger charge is 2.23. The fraction of sp³-hybridized carbons (Fsp3) is 0.450. The Hall–Kier alpha value is -1.22. The number of aliphatic imine (C=N–C) groups is 1. The molecule has 3 rings (SSSR count). The molecule has 1 aromatic heterocycles. The maximum atomic E-state index is 4.45. The van der Waals surface area contributed by atoms with E-state index in [1.807, 2.05) is 7.05 Å². The number of anilines is 1. The summed E-state index contributed by atoms with van der Waals surface area (Å²) in [6, 6.07) is 12.8. The van der Waals surface area contributed by atoms with E-state index < -0.39 is 0 Å². The van der Waals surface area contributed by atoms with Crippen LogP contribution in [-0.2, 0) is 13.6 Å². The van der Waals surface area contributed by atoms with E-state index in [4.69, 9.17) is 0 Å². The lowest BCUT2D eigenvalue weighted by molar-refractivity contribution is 0.450. The van der Waals surface area contributed by atoms with Gasteiger partial charge in [-0.05, 0) is 48.7 Å².